The van der Waals surface area contributed by atoms with Crippen LogP contribution in [0.3, 0.4) is 0 Å². The van der Waals surface area contributed by atoms with E-state index in [4.69, 9.17) is 4.74 Å². The van der Waals surface area contributed by atoms with Crippen LogP contribution in [0.15, 0.2) is 65.6 Å². The average molecular weight is 439 g/mol. The van der Waals surface area contributed by atoms with E-state index in [0.29, 0.717) is 17.1 Å². The average Bonchev–Trinajstić information content (AvgIpc) is 2.72. The molecule has 0 fully saturated rings. The number of carbonyl (C=O) groups is 1. The number of hydrogen-bond acceptors (Lipinski definition) is 4. The normalized spacial score (nSPS) is 11.1. The fourth-order valence-corrected chi connectivity index (χ4v) is 4.05. The van der Waals surface area contributed by atoms with Crippen LogP contribution < -0.4 is 14.8 Å². The Kier molecular flexibility index (Phi) is 6.65. The van der Waals surface area contributed by atoms with Gasteiger partial charge in [0.15, 0.2) is 6.61 Å². The van der Waals surface area contributed by atoms with E-state index >= 15 is 0 Å². The van der Waals surface area contributed by atoms with Gasteiger partial charge in [-0.05, 0) is 92.4 Å². The van der Waals surface area contributed by atoms with Crippen LogP contribution in [0.2, 0.25) is 0 Å². The molecule has 0 aliphatic carbocycles. The van der Waals surface area contributed by atoms with Crippen molar-refractivity contribution < 1.29 is 17.9 Å². The molecule has 0 spiro atoms. The second-order valence-electron chi connectivity index (χ2n) is 7.53. The molecular weight excluding hydrogens is 412 g/mol. The van der Waals surface area contributed by atoms with Crippen molar-refractivity contribution in [1.29, 1.82) is 0 Å². The van der Waals surface area contributed by atoms with Gasteiger partial charge in [0, 0.05) is 5.69 Å². The van der Waals surface area contributed by atoms with Crippen LogP contribution in [-0.4, -0.2) is 20.9 Å². The zero-order chi connectivity index (χ0) is 22.6. The zero-order valence-corrected chi connectivity index (χ0v) is 18.8. The summed E-state index contributed by atoms with van der Waals surface area (Å²) in [4.78, 5) is 12.2. The Morgan fingerprint density at radius 1 is 0.839 bits per heavy atom. The molecule has 2 N–H and O–H groups in total. The first kappa shape index (κ1) is 22.4. The number of amides is 1. The molecule has 0 saturated heterocycles. The highest BCUT2D eigenvalue weighted by molar-refractivity contribution is 7.92. The molecule has 162 valence electrons. The maximum absolute atomic E-state index is 12.7. The van der Waals surface area contributed by atoms with Crippen molar-refractivity contribution in [3.05, 3.63) is 82.9 Å². The van der Waals surface area contributed by atoms with Gasteiger partial charge in [-0.1, -0.05) is 18.2 Å². The molecule has 0 aliphatic rings. The van der Waals surface area contributed by atoms with Gasteiger partial charge in [0.25, 0.3) is 15.9 Å². The largest absolute Gasteiger partial charge is 0.484 e. The summed E-state index contributed by atoms with van der Waals surface area (Å²) in [7, 11) is -3.73. The minimum atomic E-state index is -3.73. The van der Waals surface area contributed by atoms with Crippen molar-refractivity contribution >= 4 is 27.3 Å². The zero-order valence-electron chi connectivity index (χ0n) is 18.0. The van der Waals surface area contributed by atoms with E-state index in [0.717, 1.165) is 22.3 Å². The molecule has 0 heterocycles. The second kappa shape index (κ2) is 9.22. The van der Waals surface area contributed by atoms with Crippen molar-refractivity contribution in [2.75, 3.05) is 16.6 Å². The predicted molar refractivity (Wildman–Crippen MR) is 123 cm³/mol. The van der Waals surface area contributed by atoms with E-state index in [2.05, 4.69) is 10.0 Å². The van der Waals surface area contributed by atoms with Crippen molar-refractivity contribution in [2.45, 2.75) is 32.6 Å². The van der Waals surface area contributed by atoms with Gasteiger partial charge >= 0.3 is 0 Å². The summed E-state index contributed by atoms with van der Waals surface area (Å²) in [6.45, 7) is 7.55. The molecule has 3 aromatic rings. The number of ether oxygens (including phenoxy) is 1. The lowest BCUT2D eigenvalue weighted by molar-refractivity contribution is -0.118. The number of aryl methyl sites for hydroxylation is 4. The summed E-state index contributed by atoms with van der Waals surface area (Å²) in [5.41, 5.74) is 5.29. The molecule has 0 atom stereocenters. The van der Waals surface area contributed by atoms with Gasteiger partial charge in [-0.25, -0.2) is 8.42 Å². The number of carbonyl (C=O) groups excluding carboxylic acids is 1. The van der Waals surface area contributed by atoms with E-state index < -0.39 is 10.0 Å². The Labute approximate surface area is 183 Å². The summed E-state index contributed by atoms with van der Waals surface area (Å²) in [5.74, 6) is 0.109. The maximum atomic E-state index is 12.7. The van der Waals surface area contributed by atoms with Crippen LogP contribution in [0, 0.1) is 27.7 Å². The van der Waals surface area contributed by atoms with E-state index in [-0.39, 0.29) is 17.4 Å². The fourth-order valence-electron chi connectivity index (χ4n) is 2.93. The molecule has 7 heteroatoms. The molecule has 0 radical (unpaired) electrons. The lowest BCUT2D eigenvalue weighted by Gasteiger charge is -2.12. The molecule has 31 heavy (non-hydrogen) atoms. The Morgan fingerprint density at radius 2 is 1.52 bits per heavy atom. The topological polar surface area (TPSA) is 84.5 Å². The number of hydrogen-bond donors (Lipinski definition) is 2. The maximum Gasteiger partial charge on any atom is 0.262 e. The Morgan fingerprint density at radius 3 is 2.19 bits per heavy atom. The monoisotopic (exact) mass is 438 g/mol. The fraction of sp³-hybridized carbons (Fsp3) is 0.208. The van der Waals surface area contributed by atoms with E-state index in [1.54, 1.807) is 6.07 Å². The summed E-state index contributed by atoms with van der Waals surface area (Å²) in [6, 6.07) is 17.2. The summed E-state index contributed by atoms with van der Waals surface area (Å²) in [6.07, 6.45) is 0. The van der Waals surface area contributed by atoms with Gasteiger partial charge in [-0.15, -0.1) is 0 Å². The van der Waals surface area contributed by atoms with Gasteiger partial charge < -0.3 is 10.1 Å². The summed E-state index contributed by atoms with van der Waals surface area (Å²) >= 11 is 0. The molecule has 0 unspecified atom stereocenters. The van der Waals surface area contributed by atoms with E-state index in [9.17, 15) is 13.2 Å². The lowest BCUT2D eigenvalue weighted by Crippen LogP contribution is -2.20. The van der Waals surface area contributed by atoms with Gasteiger partial charge in [0.2, 0.25) is 0 Å². The van der Waals surface area contributed by atoms with E-state index in [1.165, 1.54) is 24.3 Å². The molecule has 6 nitrogen and oxygen atoms in total. The molecule has 0 aromatic heterocycles. The van der Waals surface area contributed by atoms with Crippen LogP contribution in [0.25, 0.3) is 0 Å². The van der Waals surface area contributed by atoms with Gasteiger partial charge in [-0.3, -0.25) is 9.52 Å². The number of nitrogens with one attached hydrogen (secondary N) is 2. The van der Waals surface area contributed by atoms with Crippen LogP contribution in [0.5, 0.6) is 5.75 Å². The molecule has 3 rings (SSSR count). The second-order valence-corrected chi connectivity index (χ2v) is 9.21. The highest BCUT2D eigenvalue weighted by Gasteiger charge is 2.16. The van der Waals surface area contributed by atoms with Gasteiger partial charge in [0.05, 0.1) is 10.6 Å². The van der Waals surface area contributed by atoms with Crippen LogP contribution in [0.1, 0.15) is 22.3 Å². The Hall–Kier alpha value is -3.32. The highest BCUT2D eigenvalue weighted by atomic mass is 32.2. The van der Waals surface area contributed by atoms with Crippen molar-refractivity contribution in [3.8, 4) is 5.75 Å². The van der Waals surface area contributed by atoms with E-state index in [1.807, 2.05) is 58.0 Å². The molecule has 0 aliphatic heterocycles. The summed E-state index contributed by atoms with van der Waals surface area (Å²) < 4.78 is 33.5. The van der Waals surface area contributed by atoms with Gasteiger partial charge in [-0.2, -0.15) is 0 Å². The summed E-state index contributed by atoms with van der Waals surface area (Å²) in [5, 5.41) is 2.78. The molecule has 0 saturated carbocycles. The minimum Gasteiger partial charge on any atom is -0.484 e. The minimum absolute atomic E-state index is 0.111. The molecular formula is C24H26N2O4S. The molecule has 3 aromatic carbocycles. The lowest BCUT2D eigenvalue weighted by atomic mass is 10.1. The standard InChI is InChI=1S/C24H26N2O4S/c1-16-5-6-18(3)23(13-16)26-31(28,29)22-11-9-21(10-12-22)30-15-24(27)25-20-8-7-17(2)19(4)14-20/h5-14,26H,15H2,1-4H3,(H,25,27). The first-order valence-electron chi connectivity index (χ1n) is 9.84. The van der Waals surface area contributed by atoms with Crippen LogP contribution >= 0.6 is 0 Å². The predicted octanol–water partition coefficient (Wildman–Crippen LogP) is 4.74. The van der Waals surface area contributed by atoms with Crippen LogP contribution in [-0.2, 0) is 14.8 Å². The third kappa shape index (κ3) is 5.86. The van der Waals surface area contributed by atoms with Crippen molar-refractivity contribution in [3.63, 3.8) is 0 Å². The smallest absolute Gasteiger partial charge is 0.262 e. The Balaban J connectivity index is 1.61. The third-order valence-electron chi connectivity index (χ3n) is 4.93. The first-order valence-corrected chi connectivity index (χ1v) is 11.3. The number of benzene rings is 3. The SMILES string of the molecule is Cc1ccc(C)c(NS(=O)(=O)c2ccc(OCC(=O)Nc3ccc(C)c(C)c3)cc2)c1. The van der Waals surface area contributed by atoms with Crippen molar-refractivity contribution in [1.82, 2.24) is 0 Å². The van der Waals surface area contributed by atoms with Crippen molar-refractivity contribution in [2.24, 2.45) is 0 Å². The number of anilines is 2. The first-order chi connectivity index (χ1) is 14.6. The number of rotatable bonds is 7. The highest BCUT2D eigenvalue weighted by Crippen LogP contribution is 2.22. The van der Waals surface area contributed by atoms with Crippen LogP contribution in [0.4, 0.5) is 11.4 Å². The van der Waals surface area contributed by atoms with Gasteiger partial charge in [0.1, 0.15) is 5.75 Å². The Bertz CT molecular complexity index is 1200. The number of sulfonamides is 1. The quantitative estimate of drug-likeness (QED) is 0.558. The molecule has 0 bridgehead atoms. The molecule has 1 amide bonds. The third-order valence-corrected chi connectivity index (χ3v) is 6.31.